The summed E-state index contributed by atoms with van der Waals surface area (Å²) in [7, 11) is -4.47. The van der Waals surface area contributed by atoms with Crippen LogP contribution in [-0.4, -0.2) is 13.4 Å². The SMILES string of the molecule is O=S(=O)(Nc1c(F)c(F)cc(F)c1F)c1cncc(Br)c1. The third-order valence-corrected chi connectivity index (χ3v) is 4.09. The molecule has 4 nitrogen and oxygen atoms in total. The second kappa shape index (κ2) is 5.60. The Kier molecular flexibility index (Phi) is 4.19. The summed E-state index contributed by atoms with van der Waals surface area (Å²) in [5.41, 5.74) is -1.44. The highest BCUT2D eigenvalue weighted by atomic mass is 79.9. The Morgan fingerprint density at radius 3 is 2.10 bits per heavy atom. The maximum Gasteiger partial charge on any atom is 0.263 e. The van der Waals surface area contributed by atoms with Gasteiger partial charge in [-0.1, -0.05) is 0 Å². The lowest BCUT2D eigenvalue weighted by atomic mass is 10.3. The normalized spacial score (nSPS) is 11.5. The molecule has 112 valence electrons. The molecule has 10 heteroatoms. The number of halogens is 5. The van der Waals surface area contributed by atoms with Crippen LogP contribution in [0, 0.1) is 23.3 Å². The van der Waals surface area contributed by atoms with Gasteiger partial charge in [0.1, 0.15) is 10.6 Å². The van der Waals surface area contributed by atoms with Gasteiger partial charge in [0, 0.05) is 22.9 Å². The van der Waals surface area contributed by atoms with Crippen LogP contribution >= 0.6 is 15.9 Å². The second-order valence-electron chi connectivity index (χ2n) is 3.79. The van der Waals surface area contributed by atoms with Gasteiger partial charge in [0.15, 0.2) is 23.3 Å². The van der Waals surface area contributed by atoms with E-state index in [0.29, 0.717) is 0 Å². The molecule has 1 aromatic heterocycles. The molecule has 1 N–H and O–H groups in total. The third kappa shape index (κ3) is 3.16. The number of sulfonamides is 1. The summed E-state index contributed by atoms with van der Waals surface area (Å²) < 4.78 is 78.5. The van der Waals surface area contributed by atoms with Gasteiger partial charge in [-0.3, -0.25) is 9.71 Å². The summed E-state index contributed by atoms with van der Waals surface area (Å²) in [5, 5.41) is 0. The van der Waals surface area contributed by atoms with Gasteiger partial charge in [0.05, 0.1) is 0 Å². The van der Waals surface area contributed by atoms with Crippen LogP contribution in [0.5, 0.6) is 0 Å². The molecule has 2 rings (SSSR count). The highest BCUT2D eigenvalue weighted by Gasteiger charge is 2.24. The van der Waals surface area contributed by atoms with Crippen LogP contribution in [0.1, 0.15) is 0 Å². The number of pyridine rings is 1. The summed E-state index contributed by atoms with van der Waals surface area (Å²) in [6.07, 6.45) is 2.18. The van der Waals surface area contributed by atoms with Crippen LogP contribution in [0.4, 0.5) is 23.2 Å². The van der Waals surface area contributed by atoms with Gasteiger partial charge in [-0.15, -0.1) is 0 Å². The van der Waals surface area contributed by atoms with E-state index in [4.69, 9.17) is 0 Å². The molecule has 0 unspecified atom stereocenters. The molecule has 0 saturated carbocycles. The van der Waals surface area contributed by atoms with Crippen molar-refractivity contribution >= 4 is 31.6 Å². The zero-order valence-electron chi connectivity index (χ0n) is 9.87. The monoisotopic (exact) mass is 384 g/mol. The van der Waals surface area contributed by atoms with Crippen molar-refractivity contribution in [3.8, 4) is 0 Å². The van der Waals surface area contributed by atoms with Gasteiger partial charge >= 0.3 is 0 Å². The predicted molar refractivity (Wildman–Crippen MR) is 69.0 cm³/mol. The van der Waals surface area contributed by atoms with Crippen molar-refractivity contribution in [2.45, 2.75) is 4.90 Å². The van der Waals surface area contributed by atoms with Crippen molar-refractivity contribution < 1.29 is 26.0 Å². The fourth-order valence-electron chi connectivity index (χ4n) is 1.40. The Morgan fingerprint density at radius 2 is 1.57 bits per heavy atom. The number of hydrogen-bond donors (Lipinski definition) is 1. The van der Waals surface area contributed by atoms with E-state index in [9.17, 15) is 26.0 Å². The zero-order valence-corrected chi connectivity index (χ0v) is 12.3. The van der Waals surface area contributed by atoms with Gasteiger partial charge in [0.25, 0.3) is 10.0 Å². The maximum atomic E-state index is 13.4. The lowest BCUT2D eigenvalue weighted by Gasteiger charge is -2.10. The number of benzene rings is 1. The Bertz CT molecular complexity index is 788. The number of anilines is 1. The Morgan fingerprint density at radius 1 is 1.00 bits per heavy atom. The van der Waals surface area contributed by atoms with Crippen LogP contribution in [0.3, 0.4) is 0 Å². The first kappa shape index (κ1) is 15.7. The quantitative estimate of drug-likeness (QED) is 0.652. The number of nitrogens with one attached hydrogen (secondary N) is 1. The Balaban J connectivity index is 2.52. The van der Waals surface area contributed by atoms with E-state index >= 15 is 0 Å². The molecule has 0 amide bonds. The molecule has 0 aliphatic rings. The van der Waals surface area contributed by atoms with E-state index in [1.165, 1.54) is 10.9 Å². The molecule has 2 aromatic rings. The minimum atomic E-state index is -4.47. The largest absolute Gasteiger partial charge is 0.274 e. The number of hydrogen-bond acceptors (Lipinski definition) is 3. The zero-order chi connectivity index (χ0) is 15.8. The molecule has 21 heavy (non-hydrogen) atoms. The molecular weight excluding hydrogens is 380 g/mol. The molecule has 0 atom stereocenters. The van der Waals surface area contributed by atoms with Crippen molar-refractivity contribution in [1.82, 2.24) is 4.98 Å². The maximum absolute atomic E-state index is 13.4. The van der Waals surface area contributed by atoms with E-state index in [1.54, 1.807) is 0 Å². The molecule has 0 spiro atoms. The average Bonchev–Trinajstić information content (AvgIpc) is 2.41. The topological polar surface area (TPSA) is 59.1 Å². The smallest absolute Gasteiger partial charge is 0.263 e. The molecule has 0 fully saturated rings. The standard InChI is InChI=1S/C11H5BrF4N2O2S/c12-5-1-6(4-17-3-5)21(19,20)18-11-9(15)7(13)2-8(14)10(11)16/h1-4,18H. The van der Waals surface area contributed by atoms with Crippen LogP contribution in [0.25, 0.3) is 0 Å². The number of aromatic nitrogens is 1. The third-order valence-electron chi connectivity index (χ3n) is 2.34. The van der Waals surface area contributed by atoms with E-state index in [2.05, 4.69) is 20.9 Å². The van der Waals surface area contributed by atoms with Crippen molar-refractivity contribution in [2.75, 3.05) is 4.72 Å². The van der Waals surface area contributed by atoms with E-state index in [1.807, 2.05) is 0 Å². The van der Waals surface area contributed by atoms with E-state index in [-0.39, 0.29) is 10.5 Å². The molecule has 0 radical (unpaired) electrons. The minimum absolute atomic E-state index is 0.0247. The average molecular weight is 385 g/mol. The molecule has 1 aromatic carbocycles. The molecule has 0 aliphatic carbocycles. The van der Waals surface area contributed by atoms with Gasteiger partial charge in [-0.05, 0) is 22.0 Å². The van der Waals surface area contributed by atoms with Crippen molar-refractivity contribution in [3.05, 3.63) is 52.3 Å². The van der Waals surface area contributed by atoms with Crippen molar-refractivity contribution in [1.29, 1.82) is 0 Å². The first-order valence-electron chi connectivity index (χ1n) is 5.18. The summed E-state index contributed by atoms with van der Waals surface area (Å²) in [4.78, 5) is 3.13. The van der Waals surface area contributed by atoms with Crippen LogP contribution in [0.15, 0.2) is 33.9 Å². The van der Waals surface area contributed by atoms with E-state index in [0.717, 1.165) is 12.3 Å². The van der Waals surface area contributed by atoms with Crippen molar-refractivity contribution in [2.24, 2.45) is 0 Å². The molecule has 0 aliphatic heterocycles. The predicted octanol–water partition coefficient (Wildman–Crippen LogP) is 3.20. The highest BCUT2D eigenvalue weighted by molar-refractivity contribution is 9.10. The fraction of sp³-hybridized carbons (Fsp3) is 0. The van der Waals surface area contributed by atoms with Gasteiger partial charge in [-0.2, -0.15) is 0 Å². The van der Waals surface area contributed by atoms with Gasteiger partial charge in [0.2, 0.25) is 0 Å². The highest BCUT2D eigenvalue weighted by Crippen LogP contribution is 2.27. The summed E-state index contributed by atoms with van der Waals surface area (Å²) in [6, 6.07) is 1.07. The van der Waals surface area contributed by atoms with Crippen LogP contribution < -0.4 is 4.72 Å². The van der Waals surface area contributed by atoms with Crippen LogP contribution in [-0.2, 0) is 10.0 Å². The Hall–Kier alpha value is -1.68. The lowest BCUT2D eigenvalue weighted by Crippen LogP contribution is -2.16. The first-order valence-corrected chi connectivity index (χ1v) is 7.46. The number of nitrogens with zero attached hydrogens (tertiary/aromatic N) is 1. The van der Waals surface area contributed by atoms with Crippen LogP contribution in [0.2, 0.25) is 0 Å². The number of rotatable bonds is 3. The molecular formula is C11H5BrF4N2O2S. The lowest BCUT2D eigenvalue weighted by molar-refractivity contribution is 0.459. The second-order valence-corrected chi connectivity index (χ2v) is 6.39. The minimum Gasteiger partial charge on any atom is -0.274 e. The molecule has 0 bridgehead atoms. The molecule has 0 saturated heterocycles. The van der Waals surface area contributed by atoms with Crippen molar-refractivity contribution in [3.63, 3.8) is 0 Å². The fourth-order valence-corrected chi connectivity index (χ4v) is 2.96. The summed E-state index contributed by atoms with van der Waals surface area (Å²) >= 11 is 2.97. The summed E-state index contributed by atoms with van der Waals surface area (Å²) in [6.45, 7) is 0. The Labute approximate surface area is 125 Å². The van der Waals surface area contributed by atoms with Gasteiger partial charge in [-0.25, -0.2) is 26.0 Å². The summed E-state index contributed by atoms with van der Waals surface area (Å²) in [5.74, 6) is -7.14. The molecule has 1 heterocycles. The first-order chi connectivity index (χ1) is 9.72. The van der Waals surface area contributed by atoms with E-state index < -0.39 is 43.9 Å². The van der Waals surface area contributed by atoms with Gasteiger partial charge < -0.3 is 0 Å².